The van der Waals surface area contributed by atoms with Gasteiger partial charge in [-0.3, -0.25) is 9.59 Å². The number of imide groups is 1. The summed E-state index contributed by atoms with van der Waals surface area (Å²) in [4.78, 5) is 28.5. The maximum absolute atomic E-state index is 13.6. The van der Waals surface area contributed by atoms with Crippen molar-refractivity contribution >= 4 is 44.0 Å². The molecule has 39 heavy (non-hydrogen) atoms. The number of benzene rings is 4. The van der Waals surface area contributed by atoms with E-state index in [1.807, 2.05) is 36.4 Å². The van der Waals surface area contributed by atoms with Gasteiger partial charge in [0.1, 0.15) is 0 Å². The maximum Gasteiger partial charge on any atom is 0.265 e. The highest BCUT2D eigenvalue weighted by Gasteiger charge is 2.35. The fourth-order valence-electron chi connectivity index (χ4n) is 5.39. The molecule has 2 amide bonds. The van der Waals surface area contributed by atoms with Gasteiger partial charge in [-0.1, -0.05) is 36.4 Å². The minimum Gasteiger partial charge on any atom is -0.380 e. The van der Waals surface area contributed by atoms with Gasteiger partial charge in [-0.15, -0.1) is 0 Å². The molecule has 1 fully saturated rings. The third kappa shape index (κ3) is 4.38. The van der Waals surface area contributed by atoms with E-state index < -0.39 is 21.8 Å². The Bertz CT molecular complexity index is 1690. The number of nitrogens with one attached hydrogen (secondary N) is 1. The lowest BCUT2D eigenvalue weighted by Gasteiger charge is -2.28. The summed E-state index contributed by atoms with van der Waals surface area (Å²) in [5, 5.41) is 4.83. The van der Waals surface area contributed by atoms with Crippen LogP contribution in [-0.4, -0.2) is 37.6 Å². The molecule has 0 saturated carbocycles. The third-order valence-corrected chi connectivity index (χ3v) is 9.33. The Morgan fingerprint density at radius 1 is 0.795 bits per heavy atom. The molecule has 9 heteroatoms. The van der Waals surface area contributed by atoms with Crippen molar-refractivity contribution in [3.05, 3.63) is 101 Å². The zero-order valence-electron chi connectivity index (χ0n) is 21.3. The van der Waals surface area contributed by atoms with Crippen LogP contribution in [0.1, 0.15) is 44.7 Å². The van der Waals surface area contributed by atoms with E-state index in [0.29, 0.717) is 48.4 Å². The van der Waals surface area contributed by atoms with Gasteiger partial charge in [-0.2, -0.15) is 4.31 Å². The number of hydrogen-bond acceptors (Lipinski definition) is 6. The van der Waals surface area contributed by atoms with Gasteiger partial charge in [-0.25, -0.2) is 13.3 Å². The second-order valence-corrected chi connectivity index (χ2v) is 11.8. The van der Waals surface area contributed by atoms with Crippen LogP contribution in [0, 0.1) is 0 Å². The van der Waals surface area contributed by atoms with Crippen molar-refractivity contribution in [1.82, 2.24) is 4.31 Å². The number of sulfonamides is 1. The van der Waals surface area contributed by atoms with Gasteiger partial charge in [0.05, 0.1) is 10.6 Å². The molecular formula is C30H28N4O4S. The highest BCUT2D eigenvalue weighted by molar-refractivity contribution is 7.89. The summed E-state index contributed by atoms with van der Waals surface area (Å²) in [6, 6.07) is 23.0. The smallest absolute Gasteiger partial charge is 0.265 e. The molecular weight excluding hydrogens is 512 g/mol. The van der Waals surface area contributed by atoms with Crippen LogP contribution in [0.5, 0.6) is 0 Å². The molecule has 0 atom stereocenters. The first-order valence-electron chi connectivity index (χ1n) is 12.9. The summed E-state index contributed by atoms with van der Waals surface area (Å²) in [5.41, 5.74) is 9.88. The second-order valence-electron chi connectivity index (χ2n) is 9.82. The van der Waals surface area contributed by atoms with E-state index in [2.05, 4.69) is 5.32 Å². The van der Waals surface area contributed by atoms with Crippen LogP contribution in [0.3, 0.4) is 0 Å². The Labute approximate surface area is 227 Å². The molecule has 8 nitrogen and oxygen atoms in total. The van der Waals surface area contributed by atoms with Gasteiger partial charge >= 0.3 is 0 Å². The average molecular weight is 541 g/mol. The monoisotopic (exact) mass is 540 g/mol. The highest BCUT2D eigenvalue weighted by atomic mass is 32.2. The molecule has 198 valence electrons. The number of carbonyl (C=O) groups is 2. The Hall–Kier alpha value is -4.05. The Morgan fingerprint density at radius 2 is 1.46 bits per heavy atom. The van der Waals surface area contributed by atoms with Crippen LogP contribution < -0.4 is 16.0 Å². The maximum atomic E-state index is 13.6. The van der Waals surface area contributed by atoms with Crippen LogP contribution in [0.2, 0.25) is 0 Å². The van der Waals surface area contributed by atoms with Crippen molar-refractivity contribution < 1.29 is 18.0 Å². The van der Waals surface area contributed by atoms with Crippen molar-refractivity contribution in [1.29, 1.82) is 0 Å². The first-order chi connectivity index (χ1) is 18.9. The van der Waals surface area contributed by atoms with Gasteiger partial charge in [0.2, 0.25) is 10.0 Å². The Balaban J connectivity index is 1.31. The lowest BCUT2D eigenvalue weighted by atomic mass is 9.92. The fraction of sp³-hybridized carbons (Fsp3) is 0.200. The summed E-state index contributed by atoms with van der Waals surface area (Å²) in [6.07, 6.45) is 1.69. The molecule has 0 radical (unpaired) electrons. The molecule has 0 aromatic heterocycles. The van der Waals surface area contributed by atoms with E-state index >= 15 is 0 Å². The summed E-state index contributed by atoms with van der Waals surface area (Å²) >= 11 is 0. The van der Waals surface area contributed by atoms with Gasteiger partial charge in [-0.05, 0) is 66.4 Å². The molecule has 2 aliphatic rings. The molecule has 0 unspecified atom stereocenters. The largest absolute Gasteiger partial charge is 0.380 e. The van der Waals surface area contributed by atoms with Crippen LogP contribution in [0.15, 0.2) is 83.8 Å². The predicted octanol–water partition coefficient (Wildman–Crippen LogP) is 4.50. The normalized spacial score (nSPS) is 15.8. The fourth-order valence-corrected chi connectivity index (χ4v) is 6.91. The van der Waals surface area contributed by atoms with Crippen LogP contribution >= 0.6 is 0 Å². The Kier molecular flexibility index (Phi) is 6.42. The van der Waals surface area contributed by atoms with Crippen molar-refractivity contribution in [3.63, 3.8) is 0 Å². The number of nitrogens with zero attached hydrogens (tertiary/aromatic N) is 2. The van der Waals surface area contributed by atoms with Crippen molar-refractivity contribution in [3.8, 4) is 0 Å². The number of rotatable bonds is 7. The van der Waals surface area contributed by atoms with Gasteiger partial charge in [0.15, 0.2) is 0 Å². The van der Waals surface area contributed by atoms with Crippen LogP contribution in [-0.2, 0) is 23.1 Å². The molecule has 4 aromatic rings. The van der Waals surface area contributed by atoms with E-state index in [1.165, 1.54) is 28.6 Å². The quantitative estimate of drug-likeness (QED) is 0.334. The molecule has 6 rings (SSSR count). The first-order valence-corrected chi connectivity index (χ1v) is 14.4. The number of hydrogen-bond donors (Lipinski definition) is 2. The molecule has 2 aliphatic heterocycles. The molecule has 1 saturated heterocycles. The summed E-state index contributed by atoms with van der Waals surface area (Å²) in [5.74, 6) is -0.887. The Morgan fingerprint density at radius 3 is 2.18 bits per heavy atom. The standard InChI is InChI=1S/C30H28N4O4S/c31-18-20-5-3-6-21(17-20)19-32-27-14-13-26-28-24(27)7-4-8-25(28)29(35)34(30(26)36)22-9-11-23(12-10-22)39(37,38)33-15-1-2-16-33/h3-14,17,32H,1-2,15-16,18-19,31H2. The van der Waals surface area contributed by atoms with E-state index in [4.69, 9.17) is 5.73 Å². The number of nitrogens with two attached hydrogens (primary N) is 1. The molecule has 2 heterocycles. The summed E-state index contributed by atoms with van der Waals surface area (Å²) in [7, 11) is -3.60. The zero-order valence-corrected chi connectivity index (χ0v) is 22.1. The molecule has 0 bridgehead atoms. The number of amides is 2. The minimum atomic E-state index is -3.60. The zero-order chi connectivity index (χ0) is 27.1. The SMILES string of the molecule is NCc1cccc(CNc2ccc3c4c(cccc24)C(=O)N(c2ccc(S(=O)(=O)N4CCCC4)cc2)C3=O)c1. The van der Waals surface area contributed by atoms with E-state index in [-0.39, 0.29) is 4.90 Å². The minimum absolute atomic E-state index is 0.153. The molecule has 3 N–H and O–H groups in total. The molecule has 0 spiro atoms. The summed E-state index contributed by atoms with van der Waals surface area (Å²) < 4.78 is 27.3. The summed E-state index contributed by atoms with van der Waals surface area (Å²) in [6.45, 7) is 2.04. The second kappa shape index (κ2) is 9.92. The lowest BCUT2D eigenvalue weighted by molar-refractivity contribution is 0.0893. The van der Waals surface area contributed by atoms with E-state index in [9.17, 15) is 18.0 Å². The van der Waals surface area contributed by atoms with E-state index in [1.54, 1.807) is 18.2 Å². The lowest BCUT2D eigenvalue weighted by Crippen LogP contribution is -2.40. The first kappa shape index (κ1) is 25.2. The van der Waals surface area contributed by atoms with Crippen molar-refractivity contribution in [2.24, 2.45) is 5.73 Å². The van der Waals surface area contributed by atoms with Crippen LogP contribution in [0.25, 0.3) is 10.8 Å². The molecule has 4 aromatic carbocycles. The average Bonchev–Trinajstić information content (AvgIpc) is 3.52. The topological polar surface area (TPSA) is 113 Å². The van der Waals surface area contributed by atoms with Gasteiger partial charge < -0.3 is 11.1 Å². The predicted molar refractivity (Wildman–Crippen MR) is 151 cm³/mol. The van der Waals surface area contributed by atoms with Crippen LogP contribution in [0.4, 0.5) is 11.4 Å². The third-order valence-electron chi connectivity index (χ3n) is 7.42. The van der Waals surface area contributed by atoms with Gasteiger partial charge in [0.25, 0.3) is 11.8 Å². The van der Waals surface area contributed by atoms with Crippen molar-refractivity contribution in [2.75, 3.05) is 23.3 Å². The van der Waals surface area contributed by atoms with E-state index in [0.717, 1.165) is 39.9 Å². The number of carbonyl (C=O) groups excluding carboxylic acids is 2. The van der Waals surface area contributed by atoms with Gasteiger partial charge in [0, 0.05) is 53.8 Å². The molecule has 0 aliphatic carbocycles. The highest BCUT2D eigenvalue weighted by Crippen LogP contribution is 2.36. The van der Waals surface area contributed by atoms with Crippen molar-refractivity contribution in [2.45, 2.75) is 30.8 Å². The number of anilines is 2.